The minimum absolute atomic E-state index is 0.448. The van der Waals surface area contributed by atoms with Gasteiger partial charge in [0.15, 0.2) is 6.10 Å². The molecule has 0 aromatic heterocycles. The van der Waals surface area contributed by atoms with Crippen molar-refractivity contribution in [2.24, 2.45) is 0 Å². The van der Waals surface area contributed by atoms with Crippen molar-refractivity contribution in [3.63, 3.8) is 0 Å². The summed E-state index contributed by atoms with van der Waals surface area (Å²) in [5.74, 6) is 0.693. The molecule has 0 aliphatic heterocycles. The second-order valence-electron chi connectivity index (χ2n) is 3.56. The summed E-state index contributed by atoms with van der Waals surface area (Å²) in [7, 11) is 0. The zero-order valence-electron chi connectivity index (χ0n) is 9.21. The van der Waals surface area contributed by atoms with Crippen LogP contribution in [0.15, 0.2) is 18.2 Å². The van der Waals surface area contributed by atoms with E-state index in [4.69, 9.17) is 16.3 Å². The predicted octanol–water partition coefficient (Wildman–Crippen LogP) is 3.23. The fraction of sp³-hybridized carbons (Fsp3) is 0.417. The normalized spacial score (nSPS) is 12.3. The lowest BCUT2D eigenvalue weighted by Crippen LogP contribution is -2.22. The van der Waals surface area contributed by atoms with Crippen LogP contribution in [0.2, 0.25) is 0 Å². The molecule has 0 bridgehead atoms. The van der Waals surface area contributed by atoms with Crippen molar-refractivity contribution in [1.82, 2.24) is 0 Å². The Morgan fingerprint density at radius 1 is 1.40 bits per heavy atom. The van der Waals surface area contributed by atoms with Crippen molar-refractivity contribution in [3.8, 4) is 5.75 Å². The fourth-order valence-electron chi connectivity index (χ4n) is 1.24. The molecule has 0 saturated heterocycles. The van der Waals surface area contributed by atoms with E-state index in [-0.39, 0.29) is 0 Å². The standard InChI is InChI=1S/C12H15ClO2/c1-4-11(12(13)14)15-10-6-5-8(2)9(3)7-10/h5-7,11H,4H2,1-3H3/t11-/m0/s1. The van der Waals surface area contributed by atoms with Crippen LogP contribution >= 0.6 is 11.6 Å². The summed E-state index contributed by atoms with van der Waals surface area (Å²) in [5, 5.41) is -0.448. The molecule has 0 unspecified atom stereocenters. The molecule has 0 fully saturated rings. The average Bonchev–Trinajstić information content (AvgIpc) is 2.19. The van der Waals surface area contributed by atoms with Crippen molar-refractivity contribution in [1.29, 1.82) is 0 Å². The Morgan fingerprint density at radius 2 is 2.07 bits per heavy atom. The van der Waals surface area contributed by atoms with Gasteiger partial charge in [-0.1, -0.05) is 13.0 Å². The quantitative estimate of drug-likeness (QED) is 0.737. The van der Waals surface area contributed by atoms with Crippen LogP contribution in [0.1, 0.15) is 24.5 Å². The van der Waals surface area contributed by atoms with Gasteiger partial charge in [-0.3, -0.25) is 4.79 Å². The molecule has 15 heavy (non-hydrogen) atoms. The highest BCUT2D eigenvalue weighted by molar-refractivity contribution is 6.64. The lowest BCUT2D eigenvalue weighted by Gasteiger charge is -2.14. The Kier molecular flexibility index (Phi) is 4.15. The highest BCUT2D eigenvalue weighted by Gasteiger charge is 2.15. The van der Waals surface area contributed by atoms with Crippen molar-refractivity contribution >= 4 is 16.8 Å². The number of hydrogen-bond acceptors (Lipinski definition) is 2. The summed E-state index contributed by atoms with van der Waals surface area (Å²) in [6.07, 6.45) is 0.0312. The Morgan fingerprint density at radius 3 is 2.53 bits per heavy atom. The second kappa shape index (κ2) is 5.17. The highest BCUT2D eigenvalue weighted by Crippen LogP contribution is 2.19. The molecule has 1 atom stereocenters. The second-order valence-corrected chi connectivity index (χ2v) is 3.94. The van der Waals surface area contributed by atoms with Gasteiger partial charge in [-0.2, -0.15) is 0 Å². The van der Waals surface area contributed by atoms with Gasteiger partial charge in [-0.25, -0.2) is 0 Å². The molecule has 0 amide bonds. The lowest BCUT2D eigenvalue weighted by atomic mass is 10.1. The molecule has 0 aliphatic carbocycles. The first kappa shape index (κ1) is 12.1. The fourth-order valence-corrected chi connectivity index (χ4v) is 1.44. The van der Waals surface area contributed by atoms with Crippen molar-refractivity contribution in [2.75, 3.05) is 0 Å². The Hall–Kier alpha value is -1.02. The molecule has 1 aromatic rings. The maximum Gasteiger partial charge on any atom is 0.262 e. The van der Waals surface area contributed by atoms with Crippen LogP contribution in [0.4, 0.5) is 0 Å². The molecule has 82 valence electrons. The van der Waals surface area contributed by atoms with Crippen molar-refractivity contribution in [3.05, 3.63) is 29.3 Å². The Bertz CT molecular complexity index is 361. The molecule has 1 aromatic carbocycles. The summed E-state index contributed by atoms with van der Waals surface area (Å²) >= 11 is 5.40. The number of halogens is 1. The van der Waals surface area contributed by atoms with Crippen LogP contribution in [0.5, 0.6) is 5.75 Å². The van der Waals surface area contributed by atoms with Gasteiger partial charge >= 0.3 is 0 Å². The summed E-state index contributed by atoms with van der Waals surface area (Å²) < 4.78 is 5.48. The van der Waals surface area contributed by atoms with Crippen molar-refractivity contribution in [2.45, 2.75) is 33.3 Å². The summed E-state index contributed by atoms with van der Waals surface area (Å²) in [5.41, 5.74) is 2.34. The van der Waals surface area contributed by atoms with E-state index in [1.807, 2.05) is 39.0 Å². The lowest BCUT2D eigenvalue weighted by molar-refractivity contribution is -0.117. The zero-order valence-corrected chi connectivity index (χ0v) is 9.97. The number of rotatable bonds is 4. The molecule has 1 rings (SSSR count). The maximum atomic E-state index is 11.0. The van der Waals surface area contributed by atoms with Gasteiger partial charge in [0.05, 0.1) is 0 Å². The first-order valence-corrected chi connectivity index (χ1v) is 5.35. The van der Waals surface area contributed by atoms with E-state index in [1.165, 1.54) is 5.56 Å². The van der Waals surface area contributed by atoms with E-state index in [2.05, 4.69) is 0 Å². The first-order chi connectivity index (χ1) is 7.04. The summed E-state index contributed by atoms with van der Waals surface area (Å²) in [6.45, 7) is 5.90. The van der Waals surface area contributed by atoms with Crippen LogP contribution in [0.3, 0.4) is 0 Å². The van der Waals surface area contributed by atoms with Crippen LogP contribution in [-0.2, 0) is 4.79 Å². The summed E-state index contributed by atoms with van der Waals surface area (Å²) in [6, 6.07) is 5.73. The molecule has 0 aliphatic rings. The van der Waals surface area contributed by atoms with E-state index in [9.17, 15) is 4.79 Å². The molecule has 2 nitrogen and oxygen atoms in total. The third kappa shape index (κ3) is 3.24. The van der Waals surface area contributed by atoms with Gasteiger partial charge in [0, 0.05) is 0 Å². The molecular weight excluding hydrogens is 212 g/mol. The number of ether oxygens (including phenoxy) is 1. The molecule has 0 heterocycles. The van der Waals surface area contributed by atoms with Gasteiger partial charge in [0.2, 0.25) is 0 Å². The number of carbonyl (C=O) groups is 1. The largest absolute Gasteiger partial charge is 0.481 e. The number of carbonyl (C=O) groups excluding carboxylic acids is 1. The van der Waals surface area contributed by atoms with Crippen LogP contribution in [0.25, 0.3) is 0 Å². The van der Waals surface area contributed by atoms with E-state index < -0.39 is 11.3 Å². The van der Waals surface area contributed by atoms with Gasteiger partial charge in [0.25, 0.3) is 5.24 Å². The van der Waals surface area contributed by atoms with Crippen LogP contribution < -0.4 is 4.74 Å². The number of aryl methyl sites for hydroxylation is 2. The van der Waals surface area contributed by atoms with Crippen molar-refractivity contribution < 1.29 is 9.53 Å². The summed E-state index contributed by atoms with van der Waals surface area (Å²) in [4.78, 5) is 11.0. The van der Waals surface area contributed by atoms with Gasteiger partial charge in [-0.05, 0) is 55.1 Å². The molecule has 3 heteroatoms. The van der Waals surface area contributed by atoms with Gasteiger partial charge in [-0.15, -0.1) is 0 Å². The SMILES string of the molecule is CC[C@H](Oc1ccc(C)c(C)c1)C(=O)Cl. The van der Waals surface area contributed by atoms with Crippen LogP contribution in [0, 0.1) is 13.8 Å². The minimum Gasteiger partial charge on any atom is -0.481 e. The van der Waals surface area contributed by atoms with E-state index in [0.717, 1.165) is 5.56 Å². The predicted molar refractivity (Wildman–Crippen MR) is 61.5 cm³/mol. The van der Waals surface area contributed by atoms with E-state index in [0.29, 0.717) is 12.2 Å². The smallest absolute Gasteiger partial charge is 0.262 e. The number of hydrogen-bond donors (Lipinski definition) is 0. The Balaban J connectivity index is 2.80. The van der Waals surface area contributed by atoms with Crippen LogP contribution in [-0.4, -0.2) is 11.3 Å². The molecule has 0 spiro atoms. The molecule has 0 radical (unpaired) electrons. The number of benzene rings is 1. The van der Waals surface area contributed by atoms with E-state index in [1.54, 1.807) is 0 Å². The molecule has 0 N–H and O–H groups in total. The highest BCUT2D eigenvalue weighted by atomic mass is 35.5. The third-order valence-corrected chi connectivity index (χ3v) is 2.62. The first-order valence-electron chi connectivity index (χ1n) is 4.97. The van der Waals surface area contributed by atoms with E-state index >= 15 is 0 Å². The third-order valence-electron chi connectivity index (χ3n) is 2.38. The molecule has 0 saturated carbocycles. The topological polar surface area (TPSA) is 26.3 Å². The zero-order chi connectivity index (χ0) is 11.4. The van der Waals surface area contributed by atoms with Gasteiger partial charge < -0.3 is 4.74 Å². The van der Waals surface area contributed by atoms with Gasteiger partial charge in [0.1, 0.15) is 5.75 Å². The Labute approximate surface area is 95.2 Å². The minimum atomic E-state index is -0.547. The average molecular weight is 227 g/mol. The monoisotopic (exact) mass is 226 g/mol. The molecular formula is C12H15ClO2. The maximum absolute atomic E-state index is 11.0.